The minimum absolute atomic E-state index is 0.210. The number of hydrogen-bond acceptors (Lipinski definition) is 3. The van der Waals surface area contributed by atoms with E-state index < -0.39 is 11.7 Å². The Morgan fingerprint density at radius 2 is 2.10 bits per heavy atom. The Hall–Kier alpha value is -1.30. The molecule has 0 radical (unpaired) electrons. The second-order valence-electron chi connectivity index (χ2n) is 6.31. The highest BCUT2D eigenvalue weighted by atomic mass is 19.4. The molecule has 3 nitrogen and oxygen atoms in total. The summed E-state index contributed by atoms with van der Waals surface area (Å²) in [7, 11) is 0. The summed E-state index contributed by atoms with van der Waals surface area (Å²) in [6.07, 6.45) is -0.999. The second-order valence-corrected chi connectivity index (χ2v) is 6.31. The average Bonchev–Trinajstić information content (AvgIpc) is 2.82. The molecule has 3 heterocycles. The maximum atomic E-state index is 12.9. The third kappa shape index (κ3) is 3.00. The van der Waals surface area contributed by atoms with E-state index in [1.807, 2.05) is 4.90 Å². The molecule has 0 aliphatic carbocycles. The van der Waals surface area contributed by atoms with Crippen LogP contribution in [-0.4, -0.2) is 31.2 Å². The molecule has 116 valence electrons. The number of aromatic nitrogens is 1. The molecule has 3 rings (SSSR count). The fourth-order valence-corrected chi connectivity index (χ4v) is 3.49. The van der Waals surface area contributed by atoms with Crippen molar-refractivity contribution in [1.29, 1.82) is 0 Å². The van der Waals surface area contributed by atoms with Gasteiger partial charge in [-0.05, 0) is 44.9 Å². The quantitative estimate of drug-likeness (QED) is 0.864. The minimum atomic E-state index is -4.31. The van der Waals surface area contributed by atoms with Crippen LogP contribution < -0.4 is 10.2 Å². The van der Waals surface area contributed by atoms with Gasteiger partial charge in [-0.2, -0.15) is 13.2 Å². The van der Waals surface area contributed by atoms with E-state index in [0.717, 1.165) is 51.5 Å². The lowest BCUT2D eigenvalue weighted by Gasteiger charge is -2.34. The molecule has 21 heavy (non-hydrogen) atoms. The predicted molar refractivity (Wildman–Crippen MR) is 75.3 cm³/mol. The van der Waals surface area contributed by atoms with E-state index in [1.54, 1.807) is 6.92 Å². The number of aryl methyl sites for hydroxylation is 1. The molecule has 2 aliphatic rings. The molecule has 0 bridgehead atoms. The highest BCUT2D eigenvalue weighted by Gasteiger charge is 2.40. The summed E-state index contributed by atoms with van der Waals surface area (Å²) in [5.74, 6) is 0.463. The van der Waals surface area contributed by atoms with Gasteiger partial charge in [0, 0.05) is 30.7 Å². The van der Waals surface area contributed by atoms with Crippen molar-refractivity contribution in [2.75, 3.05) is 31.1 Å². The normalized spacial score (nSPS) is 26.6. The van der Waals surface area contributed by atoms with Gasteiger partial charge in [-0.15, -0.1) is 0 Å². The van der Waals surface area contributed by atoms with Gasteiger partial charge in [0.25, 0.3) is 0 Å². The molecular weight excluding hydrogens is 279 g/mol. The number of hydrogen-bond donors (Lipinski definition) is 1. The Balaban J connectivity index is 1.83. The topological polar surface area (TPSA) is 28.2 Å². The number of halogens is 3. The zero-order valence-corrected chi connectivity index (χ0v) is 12.1. The van der Waals surface area contributed by atoms with Crippen LogP contribution in [0.5, 0.6) is 0 Å². The first-order valence-corrected chi connectivity index (χ1v) is 7.40. The first-order valence-electron chi connectivity index (χ1n) is 7.40. The van der Waals surface area contributed by atoms with Crippen molar-refractivity contribution in [1.82, 2.24) is 10.3 Å². The molecule has 0 aromatic carbocycles. The van der Waals surface area contributed by atoms with Crippen molar-refractivity contribution in [2.24, 2.45) is 5.41 Å². The molecule has 1 aromatic heterocycles. The van der Waals surface area contributed by atoms with Crippen molar-refractivity contribution >= 4 is 5.82 Å². The number of alkyl halides is 3. The molecule has 0 unspecified atom stereocenters. The molecule has 6 heteroatoms. The van der Waals surface area contributed by atoms with Gasteiger partial charge in [-0.3, -0.25) is 0 Å². The van der Waals surface area contributed by atoms with Crippen LogP contribution in [0.15, 0.2) is 12.1 Å². The van der Waals surface area contributed by atoms with Gasteiger partial charge in [0.15, 0.2) is 0 Å². The van der Waals surface area contributed by atoms with Gasteiger partial charge >= 0.3 is 6.18 Å². The van der Waals surface area contributed by atoms with E-state index in [-0.39, 0.29) is 5.41 Å². The van der Waals surface area contributed by atoms with E-state index >= 15 is 0 Å². The average molecular weight is 299 g/mol. The number of piperidine rings is 1. The van der Waals surface area contributed by atoms with Crippen molar-refractivity contribution in [3.05, 3.63) is 23.4 Å². The SMILES string of the molecule is Cc1cc(C(F)(F)F)cc(N2CC[C@]3(CCCNC3)C2)n1. The second kappa shape index (κ2) is 5.16. The Labute approximate surface area is 122 Å². The van der Waals surface area contributed by atoms with Crippen molar-refractivity contribution in [3.8, 4) is 0 Å². The van der Waals surface area contributed by atoms with Crippen LogP contribution in [0.1, 0.15) is 30.5 Å². The number of anilines is 1. The van der Waals surface area contributed by atoms with Crippen LogP contribution >= 0.6 is 0 Å². The lowest BCUT2D eigenvalue weighted by atomic mass is 9.80. The molecule has 1 aromatic rings. The maximum Gasteiger partial charge on any atom is 0.416 e. The first-order chi connectivity index (χ1) is 9.88. The number of rotatable bonds is 1. The Morgan fingerprint density at radius 1 is 1.29 bits per heavy atom. The third-order valence-corrected chi connectivity index (χ3v) is 4.59. The molecule has 2 aliphatic heterocycles. The van der Waals surface area contributed by atoms with Crippen LogP contribution in [0.4, 0.5) is 19.0 Å². The monoisotopic (exact) mass is 299 g/mol. The molecule has 2 saturated heterocycles. The van der Waals surface area contributed by atoms with Gasteiger partial charge in [0.1, 0.15) is 5.82 Å². The zero-order valence-electron chi connectivity index (χ0n) is 12.1. The van der Waals surface area contributed by atoms with E-state index in [9.17, 15) is 13.2 Å². The molecule has 1 N–H and O–H groups in total. The van der Waals surface area contributed by atoms with Crippen molar-refractivity contribution in [2.45, 2.75) is 32.4 Å². The van der Waals surface area contributed by atoms with Gasteiger partial charge in [0.2, 0.25) is 0 Å². The zero-order chi connectivity index (χ0) is 15.1. The van der Waals surface area contributed by atoms with Gasteiger partial charge in [-0.1, -0.05) is 0 Å². The standard InChI is InChI=1S/C15H20F3N3/c1-11-7-12(15(16,17)18)8-13(20-11)21-6-4-14(10-21)3-2-5-19-9-14/h7-8,19H,2-6,9-10H2,1H3/t14-/m0/s1. The molecule has 0 amide bonds. The Kier molecular flexibility index (Phi) is 3.59. The van der Waals surface area contributed by atoms with Crippen LogP contribution in [0.25, 0.3) is 0 Å². The molecule has 0 saturated carbocycles. The molecule has 1 atom stereocenters. The van der Waals surface area contributed by atoms with Gasteiger partial charge in [0.05, 0.1) is 5.56 Å². The Bertz CT molecular complexity index is 521. The summed E-state index contributed by atoms with van der Waals surface area (Å²) in [5.41, 5.74) is 0.0254. The minimum Gasteiger partial charge on any atom is -0.356 e. The maximum absolute atomic E-state index is 12.9. The molecular formula is C15H20F3N3. The Morgan fingerprint density at radius 3 is 2.76 bits per heavy atom. The van der Waals surface area contributed by atoms with Crippen LogP contribution in [0, 0.1) is 12.3 Å². The van der Waals surface area contributed by atoms with Crippen LogP contribution in [-0.2, 0) is 6.18 Å². The summed E-state index contributed by atoms with van der Waals surface area (Å²) in [6.45, 7) is 5.21. The number of pyridine rings is 1. The lowest BCUT2D eigenvalue weighted by Crippen LogP contribution is -2.42. The summed E-state index contributed by atoms with van der Waals surface area (Å²) in [6, 6.07) is 2.29. The highest BCUT2D eigenvalue weighted by Crippen LogP contribution is 2.39. The molecule has 2 fully saturated rings. The van der Waals surface area contributed by atoms with Crippen LogP contribution in [0.3, 0.4) is 0 Å². The summed E-state index contributed by atoms with van der Waals surface area (Å²) in [5, 5.41) is 3.41. The van der Waals surface area contributed by atoms with Crippen molar-refractivity contribution in [3.63, 3.8) is 0 Å². The predicted octanol–water partition coefficient (Wildman–Crippen LogP) is 2.99. The summed E-state index contributed by atoms with van der Waals surface area (Å²) >= 11 is 0. The summed E-state index contributed by atoms with van der Waals surface area (Å²) in [4.78, 5) is 6.32. The highest BCUT2D eigenvalue weighted by molar-refractivity contribution is 5.45. The van der Waals surface area contributed by atoms with E-state index in [4.69, 9.17) is 0 Å². The third-order valence-electron chi connectivity index (χ3n) is 4.59. The summed E-state index contributed by atoms with van der Waals surface area (Å²) < 4.78 is 38.8. The first kappa shape index (κ1) is 14.6. The van der Waals surface area contributed by atoms with Gasteiger partial charge in [-0.25, -0.2) is 4.98 Å². The van der Waals surface area contributed by atoms with E-state index in [2.05, 4.69) is 10.3 Å². The smallest absolute Gasteiger partial charge is 0.356 e. The fraction of sp³-hybridized carbons (Fsp3) is 0.667. The fourth-order valence-electron chi connectivity index (χ4n) is 3.49. The largest absolute Gasteiger partial charge is 0.416 e. The van der Waals surface area contributed by atoms with Crippen molar-refractivity contribution < 1.29 is 13.2 Å². The van der Waals surface area contributed by atoms with Gasteiger partial charge < -0.3 is 10.2 Å². The van der Waals surface area contributed by atoms with E-state index in [0.29, 0.717) is 11.5 Å². The number of nitrogens with zero attached hydrogens (tertiary/aromatic N) is 2. The molecule has 1 spiro atoms. The van der Waals surface area contributed by atoms with E-state index in [1.165, 1.54) is 6.07 Å². The van der Waals surface area contributed by atoms with Crippen LogP contribution in [0.2, 0.25) is 0 Å². The number of nitrogens with one attached hydrogen (secondary N) is 1. The lowest BCUT2D eigenvalue weighted by molar-refractivity contribution is -0.137.